The summed E-state index contributed by atoms with van der Waals surface area (Å²) in [6.45, 7) is 3.67. The maximum absolute atomic E-state index is 5.75. The molecule has 0 unspecified atom stereocenters. The van der Waals surface area contributed by atoms with Crippen LogP contribution < -0.4 is 5.32 Å². The Kier molecular flexibility index (Phi) is 5.92. The van der Waals surface area contributed by atoms with E-state index in [1.165, 1.54) is 11.4 Å². The van der Waals surface area contributed by atoms with Gasteiger partial charge in [-0.25, -0.2) is 0 Å². The lowest BCUT2D eigenvalue weighted by Gasteiger charge is -2.29. The zero-order valence-corrected chi connectivity index (χ0v) is 17.6. The molecule has 29 heavy (non-hydrogen) atoms. The number of benzene rings is 1. The van der Waals surface area contributed by atoms with Crippen LogP contribution >= 0.6 is 12.2 Å². The predicted molar refractivity (Wildman–Crippen MR) is 119 cm³/mol. The van der Waals surface area contributed by atoms with Crippen molar-refractivity contribution in [1.29, 1.82) is 0 Å². The quantitative estimate of drug-likeness (QED) is 0.471. The van der Waals surface area contributed by atoms with Crippen molar-refractivity contribution in [2.75, 3.05) is 20.3 Å². The van der Waals surface area contributed by atoms with Crippen LogP contribution in [0, 0.1) is 6.92 Å². The first-order valence-electron chi connectivity index (χ1n) is 9.91. The van der Waals surface area contributed by atoms with E-state index in [1.54, 1.807) is 7.11 Å². The monoisotopic (exact) mass is 406 g/mol. The Balaban J connectivity index is 1.79. The van der Waals surface area contributed by atoms with Gasteiger partial charge in [-0.15, -0.1) is 0 Å². The standard InChI is InChI=1S/C23H26N4OS/c1-17-12-13-20(27(17)18-9-4-3-5-10-18)22-21(19-11-6-7-14-24-19)25-23(29)26(22)15-8-16-28-2/h3-7,9-14,21-22H,8,15-16H2,1-2H3,(H,25,29)/t21-,22-/m1/s1. The van der Waals surface area contributed by atoms with Crippen LogP contribution in [0.25, 0.3) is 5.69 Å². The van der Waals surface area contributed by atoms with Gasteiger partial charge in [-0.2, -0.15) is 0 Å². The molecule has 6 heteroatoms. The minimum atomic E-state index is -0.0111. The highest BCUT2D eigenvalue weighted by Crippen LogP contribution is 2.40. The highest BCUT2D eigenvalue weighted by atomic mass is 32.1. The van der Waals surface area contributed by atoms with Crippen LogP contribution in [-0.4, -0.2) is 39.8 Å². The number of ether oxygens (including phenoxy) is 1. The summed E-state index contributed by atoms with van der Waals surface area (Å²) in [7, 11) is 1.73. The van der Waals surface area contributed by atoms with Crippen LogP contribution in [0.2, 0.25) is 0 Å². The Hall–Kier alpha value is -2.70. The van der Waals surface area contributed by atoms with Crippen LogP contribution in [0.1, 0.15) is 35.6 Å². The summed E-state index contributed by atoms with van der Waals surface area (Å²) in [5, 5.41) is 4.29. The second-order valence-electron chi connectivity index (χ2n) is 7.24. The zero-order chi connectivity index (χ0) is 20.2. The molecular formula is C23H26N4OS. The number of nitrogens with zero attached hydrogens (tertiary/aromatic N) is 3. The Morgan fingerprint density at radius 2 is 1.86 bits per heavy atom. The lowest BCUT2D eigenvalue weighted by molar-refractivity contribution is 0.180. The lowest BCUT2D eigenvalue weighted by atomic mass is 10.0. The summed E-state index contributed by atoms with van der Waals surface area (Å²) in [5.41, 5.74) is 4.54. The van der Waals surface area contributed by atoms with Crippen molar-refractivity contribution in [3.8, 4) is 5.69 Å². The summed E-state index contributed by atoms with van der Waals surface area (Å²) in [5.74, 6) is 0. The van der Waals surface area contributed by atoms with Gasteiger partial charge in [0.1, 0.15) is 0 Å². The summed E-state index contributed by atoms with van der Waals surface area (Å²) >= 11 is 5.75. The van der Waals surface area contributed by atoms with Gasteiger partial charge in [-0.3, -0.25) is 4.98 Å². The van der Waals surface area contributed by atoms with E-state index < -0.39 is 0 Å². The maximum atomic E-state index is 5.75. The topological polar surface area (TPSA) is 42.3 Å². The predicted octanol–water partition coefficient (Wildman–Crippen LogP) is 4.19. The number of methoxy groups -OCH3 is 1. The smallest absolute Gasteiger partial charge is 0.170 e. The first-order valence-corrected chi connectivity index (χ1v) is 10.3. The van der Waals surface area contributed by atoms with Crippen molar-refractivity contribution in [1.82, 2.24) is 19.8 Å². The van der Waals surface area contributed by atoms with Crippen molar-refractivity contribution >= 4 is 17.3 Å². The van der Waals surface area contributed by atoms with Crippen LogP contribution in [-0.2, 0) is 4.74 Å². The van der Waals surface area contributed by atoms with E-state index in [4.69, 9.17) is 17.0 Å². The normalized spacial score (nSPS) is 18.8. The van der Waals surface area contributed by atoms with Crippen molar-refractivity contribution in [2.45, 2.75) is 25.4 Å². The molecule has 1 aromatic carbocycles. The van der Waals surface area contributed by atoms with Crippen LogP contribution in [0.4, 0.5) is 0 Å². The van der Waals surface area contributed by atoms with E-state index in [0.717, 1.165) is 29.5 Å². The zero-order valence-electron chi connectivity index (χ0n) is 16.8. The molecule has 150 valence electrons. The molecule has 5 nitrogen and oxygen atoms in total. The molecule has 4 rings (SSSR count). The van der Waals surface area contributed by atoms with Crippen LogP contribution in [0.3, 0.4) is 0 Å². The van der Waals surface area contributed by atoms with Crippen molar-refractivity contribution < 1.29 is 4.74 Å². The van der Waals surface area contributed by atoms with E-state index in [2.05, 4.69) is 69.2 Å². The van der Waals surface area contributed by atoms with Gasteiger partial charge in [0, 0.05) is 43.5 Å². The number of pyridine rings is 1. The fraction of sp³-hybridized carbons (Fsp3) is 0.304. The molecule has 0 spiro atoms. The molecule has 1 saturated heterocycles. The molecule has 1 aliphatic rings. The molecule has 3 aromatic rings. The minimum absolute atomic E-state index is 0.0111. The van der Waals surface area contributed by atoms with Gasteiger partial charge in [0.2, 0.25) is 0 Å². The molecule has 3 heterocycles. The van der Waals surface area contributed by atoms with E-state index in [1.807, 2.05) is 24.4 Å². The average molecular weight is 407 g/mol. The molecule has 1 aliphatic heterocycles. The molecule has 2 atom stereocenters. The SMILES string of the molecule is COCCCN1C(=S)N[C@H](c2ccccn2)[C@H]1c1ccc(C)n1-c1ccccc1. The van der Waals surface area contributed by atoms with Gasteiger partial charge < -0.3 is 19.5 Å². The second kappa shape index (κ2) is 8.76. The Morgan fingerprint density at radius 3 is 2.59 bits per heavy atom. The van der Waals surface area contributed by atoms with Gasteiger partial charge in [0.05, 0.1) is 17.8 Å². The number of hydrogen-bond acceptors (Lipinski definition) is 3. The van der Waals surface area contributed by atoms with E-state index in [9.17, 15) is 0 Å². The van der Waals surface area contributed by atoms with Crippen molar-refractivity contribution in [2.24, 2.45) is 0 Å². The van der Waals surface area contributed by atoms with Crippen LogP contribution in [0.5, 0.6) is 0 Å². The molecule has 0 aliphatic carbocycles. The summed E-state index contributed by atoms with van der Waals surface area (Å²) in [6.07, 6.45) is 2.75. The number of nitrogens with one attached hydrogen (secondary N) is 1. The molecular weight excluding hydrogens is 380 g/mol. The number of thiocarbonyl (C=S) groups is 1. The van der Waals surface area contributed by atoms with Crippen molar-refractivity contribution in [3.05, 3.63) is 83.9 Å². The molecule has 0 bridgehead atoms. The first kappa shape index (κ1) is 19.6. The molecule has 0 amide bonds. The highest BCUT2D eigenvalue weighted by Gasteiger charge is 2.41. The number of para-hydroxylation sites is 1. The van der Waals surface area contributed by atoms with E-state index in [-0.39, 0.29) is 12.1 Å². The third kappa shape index (κ3) is 3.91. The summed E-state index contributed by atoms with van der Waals surface area (Å²) in [4.78, 5) is 6.91. The fourth-order valence-electron chi connectivity index (χ4n) is 4.07. The molecule has 0 saturated carbocycles. The third-order valence-electron chi connectivity index (χ3n) is 5.37. The number of aromatic nitrogens is 2. The number of hydrogen-bond donors (Lipinski definition) is 1. The molecule has 1 N–H and O–H groups in total. The fourth-order valence-corrected chi connectivity index (χ4v) is 4.40. The summed E-state index contributed by atoms with van der Waals surface area (Å²) in [6, 6.07) is 20.9. The van der Waals surface area contributed by atoms with Gasteiger partial charge >= 0.3 is 0 Å². The highest BCUT2D eigenvalue weighted by molar-refractivity contribution is 7.80. The second-order valence-corrected chi connectivity index (χ2v) is 7.62. The van der Waals surface area contributed by atoms with Gasteiger partial charge in [-0.05, 0) is 62.0 Å². The Labute approximate surface area is 177 Å². The van der Waals surface area contributed by atoms with Crippen LogP contribution in [0.15, 0.2) is 66.9 Å². The van der Waals surface area contributed by atoms with Gasteiger partial charge in [0.25, 0.3) is 0 Å². The Morgan fingerprint density at radius 1 is 1.07 bits per heavy atom. The number of aryl methyl sites for hydroxylation is 1. The molecule has 0 radical (unpaired) electrons. The minimum Gasteiger partial charge on any atom is -0.385 e. The average Bonchev–Trinajstić information content (AvgIpc) is 3.29. The summed E-state index contributed by atoms with van der Waals surface area (Å²) < 4.78 is 7.60. The van der Waals surface area contributed by atoms with E-state index >= 15 is 0 Å². The van der Waals surface area contributed by atoms with Gasteiger partial charge in [0.15, 0.2) is 5.11 Å². The third-order valence-corrected chi connectivity index (χ3v) is 5.72. The van der Waals surface area contributed by atoms with E-state index in [0.29, 0.717) is 6.61 Å². The van der Waals surface area contributed by atoms with Crippen molar-refractivity contribution in [3.63, 3.8) is 0 Å². The largest absolute Gasteiger partial charge is 0.385 e. The lowest BCUT2D eigenvalue weighted by Crippen LogP contribution is -2.32. The first-order chi connectivity index (χ1) is 14.2. The van der Waals surface area contributed by atoms with Gasteiger partial charge in [-0.1, -0.05) is 24.3 Å². The maximum Gasteiger partial charge on any atom is 0.170 e. The molecule has 1 fully saturated rings. The number of rotatable bonds is 7. The Bertz CT molecular complexity index is 958. The molecule has 2 aromatic heterocycles.